The van der Waals surface area contributed by atoms with Gasteiger partial charge in [0.15, 0.2) is 0 Å². The third-order valence-electron chi connectivity index (χ3n) is 1.09. The molecule has 1 atom stereocenters. The van der Waals surface area contributed by atoms with Crippen LogP contribution in [0, 0.1) is 0 Å². The molecule has 0 rings (SSSR count). The summed E-state index contributed by atoms with van der Waals surface area (Å²) in [5.41, 5.74) is 0. The zero-order valence-electron chi connectivity index (χ0n) is 6.45. The van der Waals surface area contributed by atoms with Gasteiger partial charge in [-0.05, 0) is 19.9 Å². The van der Waals surface area contributed by atoms with Crippen LogP contribution >= 0.6 is 11.6 Å². The second-order valence-electron chi connectivity index (χ2n) is 2.68. The van der Waals surface area contributed by atoms with Gasteiger partial charge in [0.05, 0.1) is 0 Å². The van der Waals surface area contributed by atoms with E-state index in [1.165, 1.54) is 0 Å². The normalized spacial score (nSPS) is 14.3. The molecule has 9 heavy (non-hydrogen) atoms. The van der Waals surface area contributed by atoms with Crippen molar-refractivity contribution in [1.82, 2.24) is 5.32 Å². The van der Waals surface area contributed by atoms with Gasteiger partial charge in [-0.1, -0.05) is 13.8 Å². The zero-order chi connectivity index (χ0) is 7.28. The van der Waals surface area contributed by atoms with Gasteiger partial charge in [0, 0.05) is 11.4 Å². The summed E-state index contributed by atoms with van der Waals surface area (Å²) < 4.78 is 0. The molecular formula is C7H16ClN. The van der Waals surface area contributed by atoms with Crippen LogP contribution in [0.1, 0.15) is 27.2 Å². The van der Waals surface area contributed by atoms with Crippen molar-refractivity contribution < 1.29 is 0 Å². The van der Waals surface area contributed by atoms with Gasteiger partial charge in [-0.3, -0.25) is 0 Å². The second kappa shape index (κ2) is 5.07. The summed E-state index contributed by atoms with van der Waals surface area (Å²) in [7, 11) is 0. The van der Waals surface area contributed by atoms with Crippen LogP contribution in [0.5, 0.6) is 0 Å². The maximum absolute atomic E-state index is 5.72. The van der Waals surface area contributed by atoms with Crippen LogP contribution in [0.2, 0.25) is 0 Å². The van der Waals surface area contributed by atoms with E-state index in [1.54, 1.807) is 0 Å². The number of nitrogens with one attached hydrogen (secondary N) is 1. The van der Waals surface area contributed by atoms with Crippen molar-refractivity contribution in [3.05, 3.63) is 0 Å². The lowest BCUT2D eigenvalue weighted by molar-refractivity contribution is 0.568. The van der Waals surface area contributed by atoms with E-state index in [1.807, 2.05) is 6.92 Å². The molecule has 0 bridgehead atoms. The summed E-state index contributed by atoms with van der Waals surface area (Å²) in [5, 5.41) is 3.59. The van der Waals surface area contributed by atoms with E-state index >= 15 is 0 Å². The van der Waals surface area contributed by atoms with E-state index in [4.69, 9.17) is 11.6 Å². The van der Waals surface area contributed by atoms with Gasteiger partial charge in [-0.2, -0.15) is 0 Å². The van der Waals surface area contributed by atoms with Gasteiger partial charge in [-0.15, -0.1) is 11.6 Å². The highest BCUT2D eigenvalue weighted by molar-refractivity contribution is 6.20. The number of halogens is 1. The number of hydrogen-bond donors (Lipinski definition) is 1. The van der Waals surface area contributed by atoms with Gasteiger partial charge in [0.2, 0.25) is 0 Å². The van der Waals surface area contributed by atoms with Crippen LogP contribution in [-0.4, -0.2) is 18.0 Å². The molecule has 0 unspecified atom stereocenters. The topological polar surface area (TPSA) is 12.0 Å². The molecule has 0 aromatic heterocycles. The maximum atomic E-state index is 5.72. The zero-order valence-corrected chi connectivity index (χ0v) is 7.20. The van der Waals surface area contributed by atoms with Crippen molar-refractivity contribution >= 4 is 11.6 Å². The molecule has 0 amide bonds. The van der Waals surface area contributed by atoms with Gasteiger partial charge < -0.3 is 5.32 Å². The average Bonchev–Trinajstić information content (AvgIpc) is 1.63. The SMILES string of the molecule is CC(C)NCC[C@@H](C)Cl. The maximum Gasteiger partial charge on any atom is 0.0319 e. The fourth-order valence-electron chi connectivity index (χ4n) is 0.571. The Morgan fingerprint density at radius 2 is 1.89 bits per heavy atom. The Labute approximate surface area is 62.8 Å². The van der Waals surface area contributed by atoms with Crippen molar-refractivity contribution in [3.63, 3.8) is 0 Å². The highest BCUT2D eigenvalue weighted by Gasteiger charge is 1.95. The summed E-state index contributed by atoms with van der Waals surface area (Å²) in [5.74, 6) is 0. The van der Waals surface area contributed by atoms with Crippen molar-refractivity contribution in [1.29, 1.82) is 0 Å². The first kappa shape index (κ1) is 9.25. The number of alkyl halides is 1. The Kier molecular flexibility index (Phi) is 5.21. The standard InChI is InChI=1S/C7H16ClN/c1-6(2)9-5-4-7(3)8/h6-7,9H,4-5H2,1-3H3/t7-/m1/s1. The molecule has 0 aliphatic heterocycles. The molecule has 0 heterocycles. The molecule has 1 nitrogen and oxygen atoms in total. The van der Waals surface area contributed by atoms with Crippen LogP contribution in [0.15, 0.2) is 0 Å². The first-order valence-corrected chi connectivity index (χ1v) is 3.94. The van der Waals surface area contributed by atoms with E-state index in [9.17, 15) is 0 Å². The smallest absolute Gasteiger partial charge is 0.0319 e. The number of hydrogen-bond acceptors (Lipinski definition) is 1. The quantitative estimate of drug-likeness (QED) is 0.603. The van der Waals surface area contributed by atoms with E-state index in [0.717, 1.165) is 13.0 Å². The summed E-state index contributed by atoms with van der Waals surface area (Å²) in [4.78, 5) is 0. The molecule has 0 spiro atoms. The molecule has 0 aliphatic rings. The molecule has 0 radical (unpaired) electrons. The minimum Gasteiger partial charge on any atom is -0.314 e. The third-order valence-corrected chi connectivity index (χ3v) is 1.31. The van der Waals surface area contributed by atoms with Gasteiger partial charge in [0.1, 0.15) is 0 Å². The van der Waals surface area contributed by atoms with E-state index in [-0.39, 0.29) is 0 Å². The molecule has 0 fully saturated rings. The summed E-state index contributed by atoms with van der Waals surface area (Å²) in [6.45, 7) is 7.32. The minimum absolute atomic E-state index is 0.302. The van der Waals surface area contributed by atoms with Crippen molar-refractivity contribution in [3.8, 4) is 0 Å². The molecule has 0 aromatic rings. The second-order valence-corrected chi connectivity index (χ2v) is 3.42. The van der Waals surface area contributed by atoms with Crippen molar-refractivity contribution in [2.24, 2.45) is 0 Å². The lowest BCUT2D eigenvalue weighted by atomic mass is 10.3. The van der Waals surface area contributed by atoms with E-state index in [0.29, 0.717) is 11.4 Å². The van der Waals surface area contributed by atoms with Gasteiger partial charge >= 0.3 is 0 Å². The van der Waals surface area contributed by atoms with Crippen LogP contribution in [0.3, 0.4) is 0 Å². The van der Waals surface area contributed by atoms with Gasteiger partial charge in [0.25, 0.3) is 0 Å². The molecule has 0 aromatic carbocycles. The van der Waals surface area contributed by atoms with E-state index < -0.39 is 0 Å². The Balaban J connectivity index is 2.91. The van der Waals surface area contributed by atoms with Crippen LogP contribution in [-0.2, 0) is 0 Å². The molecular weight excluding hydrogens is 134 g/mol. The molecule has 0 aliphatic carbocycles. The first-order chi connectivity index (χ1) is 4.13. The molecule has 2 heteroatoms. The number of rotatable bonds is 4. The van der Waals surface area contributed by atoms with Gasteiger partial charge in [-0.25, -0.2) is 0 Å². The average molecular weight is 150 g/mol. The molecule has 0 saturated heterocycles. The molecule has 56 valence electrons. The lowest BCUT2D eigenvalue weighted by Crippen LogP contribution is -2.24. The molecule has 1 N–H and O–H groups in total. The first-order valence-electron chi connectivity index (χ1n) is 3.50. The van der Waals surface area contributed by atoms with Crippen molar-refractivity contribution in [2.45, 2.75) is 38.6 Å². The monoisotopic (exact) mass is 149 g/mol. The summed E-state index contributed by atoms with van der Waals surface area (Å²) >= 11 is 5.72. The van der Waals surface area contributed by atoms with Crippen LogP contribution in [0.4, 0.5) is 0 Å². The predicted octanol–water partition coefficient (Wildman–Crippen LogP) is 2.00. The fourth-order valence-corrected chi connectivity index (χ4v) is 0.680. The Morgan fingerprint density at radius 1 is 1.33 bits per heavy atom. The Hall–Kier alpha value is 0.250. The van der Waals surface area contributed by atoms with Crippen molar-refractivity contribution in [2.75, 3.05) is 6.54 Å². The fraction of sp³-hybridized carbons (Fsp3) is 1.00. The third kappa shape index (κ3) is 8.25. The van der Waals surface area contributed by atoms with Crippen LogP contribution in [0.25, 0.3) is 0 Å². The Morgan fingerprint density at radius 3 is 2.22 bits per heavy atom. The summed E-state index contributed by atoms with van der Waals surface area (Å²) in [6, 6.07) is 0.584. The Bertz CT molecular complexity index is 53.9. The highest BCUT2D eigenvalue weighted by atomic mass is 35.5. The van der Waals surface area contributed by atoms with Crippen LogP contribution < -0.4 is 5.32 Å². The largest absolute Gasteiger partial charge is 0.314 e. The lowest BCUT2D eigenvalue weighted by Gasteiger charge is -2.07. The summed E-state index contributed by atoms with van der Waals surface area (Å²) in [6.07, 6.45) is 1.06. The minimum atomic E-state index is 0.302. The highest BCUT2D eigenvalue weighted by Crippen LogP contribution is 1.97. The molecule has 0 saturated carbocycles. The predicted molar refractivity (Wildman–Crippen MR) is 43.1 cm³/mol. The van der Waals surface area contributed by atoms with E-state index in [2.05, 4.69) is 19.2 Å².